The number of hydrogen-bond acceptors (Lipinski definition) is 7. The molecule has 26 heavy (non-hydrogen) atoms. The molecule has 2 unspecified atom stereocenters. The zero-order valence-corrected chi connectivity index (χ0v) is 13.6. The molecule has 7 nitrogen and oxygen atoms in total. The lowest BCUT2D eigenvalue weighted by atomic mass is 10.0. The van der Waals surface area contributed by atoms with Crippen LogP contribution >= 0.6 is 0 Å². The first-order chi connectivity index (χ1) is 12.4. The van der Waals surface area contributed by atoms with Gasteiger partial charge in [-0.3, -0.25) is 4.90 Å². The number of anilines is 1. The minimum Gasteiger partial charge on any atom is -0.416 e. The molecule has 0 aliphatic carbocycles. The van der Waals surface area contributed by atoms with Crippen LogP contribution in [0.2, 0.25) is 0 Å². The van der Waals surface area contributed by atoms with E-state index in [1.165, 1.54) is 0 Å². The predicted molar refractivity (Wildman–Crippen MR) is 82.7 cm³/mol. The van der Waals surface area contributed by atoms with Crippen LogP contribution in [0.1, 0.15) is 17.3 Å². The van der Waals surface area contributed by atoms with Crippen molar-refractivity contribution >= 4 is 5.82 Å². The number of hydrogen-bond donors (Lipinski definition) is 0. The van der Waals surface area contributed by atoms with Crippen LogP contribution in [0.3, 0.4) is 0 Å². The van der Waals surface area contributed by atoms with E-state index in [0.717, 1.165) is 26.2 Å². The van der Waals surface area contributed by atoms with Crippen molar-refractivity contribution < 1.29 is 17.6 Å². The third kappa shape index (κ3) is 3.10. The summed E-state index contributed by atoms with van der Waals surface area (Å²) in [6, 6.07) is 5.64. The molecule has 0 bridgehead atoms. The minimum absolute atomic E-state index is 0.0225. The molecular formula is C16H15F3N6O. The van der Waals surface area contributed by atoms with Gasteiger partial charge in [0.05, 0.1) is 12.1 Å². The molecule has 4 heterocycles. The average molecular weight is 364 g/mol. The molecule has 4 rings (SSSR count). The van der Waals surface area contributed by atoms with Gasteiger partial charge < -0.3 is 9.32 Å². The molecule has 10 heteroatoms. The highest BCUT2D eigenvalue weighted by Crippen LogP contribution is 2.35. The van der Waals surface area contributed by atoms with Crippen molar-refractivity contribution in [3.05, 3.63) is 35.7 Å². The fourth-order valence-corrected chi connectivity index (χ4v) is 3.75. The Hall–Kier alpha value is -2.67. The van der Waals surface area contributed by atoms with Gasteiger partial charge in [-0.2, -0.15) is 18.4 Å². The number of alkyl halides is 3. The molecule has 0 amide bonds. The number of nitriles is 1. The Labute approximate surface area is 147 Å². The van der Waals surface area contributed by atoms with Crippen molar-refractivity contribution in [2.24, 2.45) is 11.8 Å². The number of aromatic nitrogens is 3. The molecule has 0 N–H and O–H groups in total. The van der Waals surface area contributed by atoms with Gasteiger partial charge in [-0.05, 0) is 24.0 Å². The van der Waals surface area contributed by atoms with E-state index in [1.807, 2.05) is 4.90 Å². The second-order valence-corrected chi connectivity index (χ2v) is 6.60. The van der Waals surface area contributed by atoms with E-state index in [1.54, 1.807) is 18.3 Å². The maximum Gasteiger partial charge on any atom is 0.470 e. The molecule has 2 aromatic rings. The molecule has 0 aromatic carbocycles. The van der Waals surface area contributed by atoms with Crippen LogP contribution < -0.4 is 4.90 Å². The highest BCUT2D eigenvalue weighted by molar-refractivity contribution is 5.54. The Bertz CT molecular complexity index is 831. The summed E-state index contributed by atoms with van der Waals surface area (Å²) < 4.78 is 42.3. The second-order valence-electron chi connectivity index (χ2n) is 6.60. The molecular weight excluding hydrogens is 349 g/mol. The minimum atomic E-state index is -4.62. The van der Waals surface area contributed by atoms with E-state index >= 15 is 0 Å². The summed E-state index contributed by atoms with van der Waals surface area (Å²) in [5.41, 5.74) is 0.551. The van der Waals surface area contributed by atoms with Crippen molar-refractivity contribution in [2.75, 3.05) is 31.1 Å². The lowest BCUT2D eigenvalue weighted by Crippen LogP contribution is -2.29. The normalized spacial score (nSPS) is 23.2. The monoisotopic (exact) mass is 364 g/mol. The average Bonchev–Trinajstić information content (AvgIpc) is 3.29. The Morgan fingerprint density at radius 1 is 1.19 bits per heavy atom. The topological polar surface area (TPSA) is 82.1 Å². The number of pyridine rings is 1. The van der Waals surface area contributed by atoms with Gasteiger partial charge in [0.1, 0.15) is 11.9 Å². The molecule has 2 aliphatic heterocycles. The van der Waals surface area contributed by atoms with Gasteiger partial charge in [-0.15, -0.1) is 10.2 Å². The van der Waals surface area contributed by atoms with Gasteiger partial charge in [0, 0.05) is 32.4 Å². The van der Waals surface area contributed by atoms with E-state index in [9.17, 15) is 18.4 Å². The van der Waals surface area contributed by atoms with Gasteiger partial charge in [0.15, 0.2) is 0 Å². The Balaban J connectivity index is 1.38. The van der Waals surface area contributed by atoms with E-state index in [-0.39, 0.29) is 12.4 Å². The third-order valence-corrected chi connectivity index (χ3v) is 4.84. The van der Waals surface area contributed by atoms with E-state index < -0.39 is 12.1 Å². The highest BCUT2D eigenvalue weighted by Gasteiger charge is 2.42. The van der Waals surface area contributed by atoms with Crippen LogP contribution in [0, 0.1) is 23.2 Å². The largest absolute Gasteiger partial charge is 0.470 e. The maximum atomic E-state index is 12.5. The Morgan fingerprint density at radius 2 is 1.92 bits per heavy atom. The van der Waals surface area contributed by atoms with Gasteiger partial charge in [-0.25, -0.2) is 4.98 Å². The van der Waals surface area contributed by atoms with Crippen LogP contribution in [-0.2, 0) is 12.7 Å². The fourth-order valence-electron chi connectivity index (χ4n) is 3.75. The Kier molecular flexibility index (Phi) is 4.03. The van der Waals surface area contributed by atoms with Gasteiger partial charge in [0.25, 0.3) is 0 Å². The lowest BCUT2D eigenvalue weighted by Gasteiger charge is -2.22. The van der Waals surface area contributed by atoms with Gasteiger partial charge in [-0.1, -0.05) is 0 Å². The summed E-state index contributed by atoms with van der Waals surface area (Å²) in [6.07, 6.45) is -2.95. The smallest absolute Gasteiger partial charge is 0.416 e. The van der Waals surface area contributed by atoms with Crippen molar-refractivity contribution in [1.82, 2.24) is 20.1 Å². The summed E-state index contributed by atoms with van der Waals surface area (Å²) in [4.78, 5) is 8.46. The first-order valence-corrected chi connectivity index (χ1v) is 8.16. The summed E-state index contributed by atoms with van der Waals surface area (Å²) in [5.74, 6) is 0.104. The van der Waals surface area contributed by atoms with Crippen molar-refractivity contribution in [3.63, 3.8) is 0 Å². The molecule has 0 saturated carbocycles. The van der Waals surface area contributed by atoms with Crippen LogP contribution in [0.15, 0.2) is 22.7 Å². The second kappa shape index (κ2) is 6.25. The number of likely N-dealkylation sites (tertiary alicyclic amines) is 1. The van der Waals surface area contributed by atoms with Crippen LogP contribution in [0.4, 0.5) is 19.0 Å². The molecule has 0 radical (unpaired) electrons. The van der Waals surface area contributed by atoms with Crippen LogP contribution in [-0.4, -0.2) is 46.3 Å². The zero-order chi connectivity index (χ0) is 18.3. The molecule has 136 valence electrons. The fraction of sp³-hybridized carbons (Fsp3) is 0.500. The Morgan fingerprint density at radius 3 is 2.54 bits per heavy atom. The predicted octanol–water partition coefficient (Wildman–Crippen LogP) is 1.92. The first-order valence-electron chi connectivity index (χ1n) is 8.16. The molecule has 2 fully saturated rings. The van der Waals surface area contributed by atoms with Crippen molar-refractivity contribution in [2.45, 2.75) is 12.7 Å². The van der Waals surface area contributed by atoms with E-state index in [0.29, 0.717) is 23.2 Å². The summed E-state index contributed by atoms with van der Waals surface area (Å²) >= 11 is 0. The number of nitrogens with zero attached hydrogens (tertiary/aromatic N) is 6. The highest BCUT2D eigenvalue weighted by atomic mass is 19.4. The van der Waals surface area contributed by atoms with E-state index in [2.05, 4.69) is 26.2 Å². The standard InChI is InChI=1S/C16H15F3N6O/c17-16(18,19)15-23-22-13(26-15)9-24-5-11-7-25(8-12(11)6-24)14-10(4-20)2-1-3-21-14/h1-3,11-12H,5-9H2. The lowest BCUT2D eigenvalue weighted by molar-refractivity contribution is -0.157. The third-order valence-electron chi connectivity index (χ3n) is 4.84. The summed E-state index contributed by atoms with van der Waals surface area (Å²) in [5, 5.41) is 15.8. The van der Waals surface area contributed by atoms with E-state index in [4.69, 9.17) is 4.42 Å². The maximum absolute atomic E-state index is 12.5. The number of halogens is 3. The SMILES string of the molecule is N#Cc1cccnc1N1CC2CN(Cc3nnc(C(F)(F)F)o3)CC2C1. The van der Waals surface area contributed by atoms with Crippen LogP contribution in [0.25, 0.3) is 0 Å². The molecule has 2 aromatic heterocycles. The zero-order valence-electron chi connectivity index (χ0n) is 13.6. The first kappa shape index (κ1) is 16.8. The molecule has 0 spiro atoms. The number of rotatable bonds is 3. The van der Waals surface area contributed by atoms with Crippen molar-refractivity contribution in [1.29, 1.82) is 5.26 Å². The molecule has 2 aliphatic rings. The summed E-state index contributed by atoms with van der Waals surface area (Å²) in [7, 11) is 0. The quantitative estimate of drug-likeness (QED) is 0.823. The molecule has 2 saturated heterocycles. The van der Waals surface area contributed by atoms with Crippen molar-refractivity contribution in [3.8, 4) is 6.07 Å². The van der Waals surface area contributed by atoms with Crippen LogP contribution in [0.5, 0.6) is 0 Å². The number of fused-ring (bicyclic) bond motifs is 1. The molecule has 2 atom stereocenters. The van der Waals surface area contributed by atoms with Gasteiger partial charge in [0.2, 0.25) is 5.89 Å². The summed E-state index contributed by atoms with van der Waals surface area (Å²) in [6.45, 7) is 3.22. The van der Waals surface area contributed by atoms with Gasteiger partial charge >= 0.3 is 12.1 Å².